The van der Waals surface area contributed by atoms with E-state index >= 15 is 0 Å². The minimum absolute atomic E-state index is 0.468. The molecule has 0 atom stereocenters. The van der Waals surface area contributed by atoms with Gasteiger partial charge in [-0.25, -0.2) is 0 Å². The van der Waals surface area contributed by atoms with Crippen LogP contribution in [0.2, 0.25) is 0 Å². The molecule has 0 unspecified atom stereocenters. The van der Waals surface area contributed by atoms with E-state index in [-0.39, 0.29) is 0 Å². The van der Waals surface area contributed by atoms with Crippen molar-refractivity contribution >= 4 is 0 Å². The second-order valence-corrected chi connectivity index (χ2v) is 2.82. The molecule has 1 aliphatic carbocycles. The molecule has 0 bridgehead atoms. The highest BCUT2D eigenvalue weighted by molar-refractivity contribution is 4.68. The molecule has 1 fully saturated rings. The minimum Gasteiger partial charge on any atom is -0.376 e. The Hall–Kier alpha value is -0.750. The number of hydrogen-bond acceptors (Lipinski definition) is 3. The average molecular weight is 154 g/mol. The van der Waals surface area contributed by atoms with Gasteiger partial charge in [0.05, 0.1) is 12.7 Å². The van der Waals surface area contributed by atoms with E-state index in [2.05, 4.69) is 5.32 Å². The number of hydrogen-bond donors (Lipinski definition) is 1. The Labute approximate surface area is 67.3 Å². The average Bonchev–Trinajstić information content (AvgIpc) is 2.50. The third-order valence-corrected chi connectivity index (χ3v) is 1.96. The Morgan fingerprint density at radius 2 is 2.18 bits per heavy atom. The molecule has 1 N–H and O–H groups in total. The number of ether oxygens (including phenoxy) is 1. The van der Waals surface area contributed by atoms with Crippen molar-refractivity contribution in [2.24, 2.45) is 0 Å². The van der Waals surface area contributed by atoms with Crippen LogP contribution in [0.15, 0.2) is 0 Å². The van der Waals surface area contributed by atoms with Gasteiger partial charge >= 0.3 is 0 Å². The van der Waals surface area contributed by atoms with Crippen molar-refractivity contribution in [1.82, 2.24) is 5.32 Å². The van der Waals surface area contributed by atoms with Gasteiger partial charge in [0.15, 0.2) is 6.19 Å². The van der Waals surface area contributed by atoms with Crippen molar-refractivity contribution in [3.63, 3.8) is 0 Å². The van der Waals surface area contributed by atoms with Crippen molar-refractivity contribution < 1.29 is 4.74 Å². The molecule has 0 spiro atoms. The molecular formula is C8H14N2O. The third kappa shape index (κ3) is 3.24. The molecule has 1 saturated carbocycles. The number of rotatable bonds is 4. The van der Waals surface area contributed by atoms with Gasteiger partial charge in [-0.2, -0.15) is 5.26 Å². The van der Waals surface area contributed by atoms with E-state index in [4.69, 9.17) is 10.00 Å². The van der Waals surface area contributed by atoms with Gasteiger partial charge in [-0.05, 0) is 12.8 Å². The van der Waals surface area contributed by atoms with Crippen LogP contribution in [0, 0.1) is 11.5 Å². The van der Waals surface area contributed by atoms with E-state index in [1.807, 2.05) is 6.19 Å². The van der Waals surface area contributed by atoms with Gasteiger partial charge in [0.25, 0.3) is 0 Å². The molecule has 0 amide bonds. The van der Waals surface area contributed by atoms with Crippen LogP contribution in [0.1, 0.15) is 25.7 Å². The summed E-state index contributed by atoms with van der Waals surface area (Å²) in [5.74, 6) is 0. The zero-order valence-corrected chi connectivity index (χ0v) is 6.68. The standard InChI is InChI=1S/C8H14N2O/c9-7-10-5-6-11-8-3-1-2-4-8/h8,10H,1-6H2. The number of nitriles is 1. The normalized spacial score (nSPS) is 18.1. The van der Waals surface area contributed by atoms with E-state index in [0.29, 0.717) is 19.3 Å². The molecule has 1 aliphatic rings. The zero-order chi connectivity index (χ0) is 7.94. The predicted molar refractivity (Wildman–Crippen MR) is 41.8 cm³/mol. The number of nitrogens with one attached hydrogen (secondary N) is 1. The summed E-state index contributed by atoms with van der Waals surface area (Å²) in [5, 5.41) is 10.7. The monoisotopic (exact) mass is 154 g/mol. The quantitative estimate of drug-likeness (QED) is 0.373. The lowest BCUT2D eigenvalue weighted by Gasteiger charge is -2.09. The second kappa shape index (κ2) is 4.97. The molecule has 0 aromatic carbocycles. The lowest BCUT2D eigenvalue weighted by atomic mass is 10.3. The summed E-state index contributed by atoms with van der Waals surface area (Å²) >= 11 is 0. The number of nitrogens with zero attached hydrogens (tertiary/aromatic N) is 1. The van der Waals surface area contributed by atoms with Crippen molar-refractivity contribution in [1.29, 1.82) is 5.26 Å². The highest BCUT2D eigenvalue weighted by Gasteiger charge is 2.14. The van der Waals surface area contributed by atoms with Crippen LogP contribution < -0.4 is 5.32 Å². The summed E-state index contributed by atoms with van der Waals surface area (Å²) in [6.07, 6.45) is 7.34. The molecule has 62 valence electrons. The lowest BCUT2D eigenvalue weighted by molar-refractivity contribution is 0.0620. The summed E-state index contributed by atoms with van der Waals surface area (Å²) in [6, 6.07) is 0. The highest BCUT2D eigenvalue weighted by Crippen LogP contribution is 2.20. The van der Waals surface area contributed by atoms with Crippen LogP contribution in [0.25, 0.3) is 0 Å². The molecule has 0 saturated heterocycles. The van der Waals surface area contributed by atoms with Crippen LogP contribution in [-0.2, 0) is 4.74 Å². The Kier molecular flexibility index (Phi) is 3.77. The topological polar surface area (TPSA) is 45.0 Å². The van der Waals surface area contributed by atoms with Crippen LogP contribution in [0.5, 0.6) is 0 Å². The van der Waals surface area contributed by atoms with E-state index in [1.54, 1.807) is 0 Å². The lowest BCUT2D eigenvalue weighted by Crippen LogP contribution is -2.18. The molecule has 1 rings (SSSR count). The summed E-state index contributed by atoms with van der Waals surface area (Å²) < 4.78 is 5.49. The Balaban J connectivity index is 1.90. The third-order valence-electron chi connectivity index (χ3n) is 1.96. The van der Waals surface area contributed by atoms with E-state index in [9.17, 15) is 0 Å². The van der Waals surface area contributed by atoms with Gasteiger partial charge in [-0.3, -0.25) is 0 Å². The SMILES string of the molecule is N#CNCCOC1CCCC1. The first-order valence-electron chi connectivity index (χ1n) is 4.17. The Morgan fingerprint density at radius 3 is 2.82 bits per heavy atom. The van der Waals surface area contributed by atoms with E-state index in [0.717, 1.165) is 0 Å². The summed E-state index contributed by atoms with van der Waals surface area (Å²) in [7, 11) is 0. The molecule has 0 aliphatic heterocycles. The summed E-state index contributed by atoms with van der Waals surface area (Å²) in [4.78, 5) is 0. The molecule has 0 aromatic rings. The van der Waals surface area contributed by atoms with E-state index < -0.39 is 0 Å². The fraction of sp³-hybridized carbons (Fsp3) is 0.875. The molecule has 11 heavy (non-hydrogen) atoms. The van der Waals surface area contributed by atoms with Crippen molar-refractivity contribution in [3.05, 3.63) is 0 Å². The maximum atomic E-state index is 8.14. The second-order valence-electron chi connectivity index (χ2n) is 2.82. The van der Waals surface area contributed by atoms with E-state index in [1.165, 1.54) is 25.7 Å². The predicted octanol–water partition coefficient (Wildman–Crippen LogP) is 1.02. The van der Waals surface area contributed by atoms with Gasteiger partial charge in [0.1, 0.15) is 0 Å². The van der Waals surface area contributed by atoms with Crippen LogP contribution in [0.4, 0.5) is 0 Å². The molecule has 0 radical (unpaired) electrons. The molecule has 3 heteroatoms. The molecule has 3 nitrogen and oxygen atoms in total. The first kappa shape index (κ1) is 8.35. The molecular weight excluding hydrogens is 140 g/mol. The Morgan fingerprint density at radius 1 is 1.45 bits per heavy atom. The fourth-order valence-corrected chi connectivity index (χ4v) is 1.39. The van der Waals surface area contributed by atoms with Gasteiger partial charge < -0.3 is 10.1 Å². The maximum Gasteiger partial charge on any atom is 0.176 e. The van der Waals surface area contributed by atoms with Crippen LogP contribution >= 0.6 is 0 Å². The van der Waals surface area contributed by atoms with Crippen LogP contribution in [-0.4, -0.2) is 19.3 Å². The first-order valence-corrected chi connectivity index (χ1v) is 4.17. The van der Waals surface area contributed by atoms with Gasteiger partial charge in [0, 0.05) is 6.54 Å². The fourth-order valence-electron chi connectivity index (χ4n) is 1.39. The maximum absolute atomic E-state index is 8.14. The van der Waals surface area contributed by atoms with Crippen molar-refractivity contribution in [2.45, 2.75) is 31.8 Å². The van der Waals surface area contributed by atoms with Crippen LogP contribution in [0.3, 0.4) is 0 Å². The van der Waals surface area contributed by atoms with Gasteiger partial charge in [-0.1, -0.05) is 12.8 Å². The summed E-state index contributed by atoms with van der Waals surface area (Å²) in [6.45, 7) is 1.31. The molecule has 0 heterocycles. The largest absolute Gasteiger partial charge is 0.376 e. The Bertz CT molecular complexity index is 136. The van der Waals surface area contributed by atoms with Gasteiger partial charge in [-0.15, -0.1) is 0 Å². The van der Waals surface area contributed by atoms with Crippen molar-refractivity contribution in [2.75, 3.05) is 13.2 Å². The van der Waals surface area contributed by atoms with Crippen molar-refractivity contribution in [3.8, 4) is 6.19 Å². The highest BCUT2D eigenvalue weighted by atomic mass is 16.5. The van der Waals surface area contributed by atoms with Gasteiger partial charge in [0.2, 0.25) is 0 Å². The summed E-state index contributed by atoms with van der Waals surface area (Å²) in [5.41, 5.74) is 0. The first-order chi connectivity index (χ1) is 5.43. The minimum atomic E-state index is 0.468. The zero-order valence-electron chi connectivity index (χ0n) is 6.68. The smallest absolute Gasteiger partial charge is 0.176 e. The molecule has 0 aromatic heterocycles.